The molecule has 0 unspecified atom stereocenters. The van der Waals surface area contributed by atoms with Gasteiger partial charge in [-0.25, -0.2) is 8.78 Å². The summed E-state index contributed by atoms with van der Waals surface area (Å²) in [6.45, 7) is 1.69. The van der Waals surface area contributed by atoms with Crippen LogP contribution in [-0.2, 0) is 4.79 Å². The highest BCUT2D eigenvalue weighted by Gasteiger charge is 2.31. The summed E-state index contributed by atoms with van der Waals surface area (Å²) < 4.78 is 34.7. The summed E-state index contributed by atoms with van der Waals surface area (Å²) in [5, 5.41) is 10.5. The molecule has 1 aliphatic heterocycles. The molecule has 1 fully saturated rings. The van der Waals surface area contributed by atoms with Gasteiger partial charge in [-0.15, -0.1) is 0 Å². The van der Waals surface area contributed by atoms with Gasteiger partial charge in [-0.3, -0.25) is 14.7 Å². The molecule has 0 saturated carbocycles. The third-order valence-electron chi connectivity index (χ3n) is 6.98. The lowest BCUT2D eigenvalue weighted by Gasteiger charge is -2.37. The van der Waals surface area contributed by atoms with Crippen LogP contribution in [0.15, 0.2) is 48.7 Å². The van der Waals surface area contributed by atoms with Crippen LogP contribution in [0.5, 0.6) is 5.75 Å². The Labute approximate surface area is 220 Å². The van der Waals surface area contributed by atoms with Crippen molar-refractivity contribution in [3.05, 3.63) is 70.6 Å². The van der Waals surface area contributed by atoms with Gasteiger partial charge in [-0.1, -0.05) is 23.4 Å². The average molecular weight is 527 g/mol. The summed E-state index contributed by atoms with van der Waals surface area (Å²) >= 11 is 5.79. The van der Waals surface area contributed by atoms with Crippen LogP contribution in [0, 0.1) is 29.5 Å². The molecule has 0 bridgehead atoms. The Balaban J connectivity index is 1.39. The molecule has 8 heteroatoms. The van der Waals surface area contributed by atoms with Gasteiger partial charge in [0.05, 0.1) is 24.7 Å². The highest BCUT2D eigenvalue weighted by Crippen LogP contribution is 2.36. The van der Waals surface area contributed by atoms with Crippen molar-refractivity contribution >= 4 is 28.5 Å². The van der Waals surface area contributed by atoms with Crippen LogP contribution in [0.25, 0.3) is 10.9 Å². The first-order valence-corrected chi connectivity index (χ1v) is 12.7. The normalized spacial score (nSPS) is 18.7. The number of ether oxygens (including phenoxy) is 1. The predicted molar refractivity (Wildman–Crippen MR) is 140 cm³/mol. The maximum absolute atomic E-state index is 15.5. The number of rotatable bonds is 8. The number of piperidine rings is 1. The quantitative estimate of drug-likeness (QED) is 0.349. The Hall–Kier alpha value is -3.21. The molecule has 0 aliphatic carbocycles. The van der Waals surface area contributed by atoms with Gasteiger partial charge in [0, 0.05) is 29.6 Å². The van der Waals surface area contributed by atoms with Crippen LogP contribution in [0.2, 0.25) is 5.02 Å². The second-order valence-electron chi connectivity index (χ2n) is 9.40. The van der Waals surface area contributed by atoms with E-state index in [2.05, 4.69) is 21.7 Å². The molecule has 194 valence electrons. The van der Waals surface area contributed by atoms with Crippen molar-refractivity contribution in [2.45, 2.75) is 31.9 Å². The molecule has 5 nitrogen and oxygen atoms in total. The van der Waals surface area contributed by atoms with E-state index in [4.69, 9.17) is 16.3 Å². The van der Waals surface area contributed by atoms with Gasteiger partial charge >= 0.3 is 5.97 Å². The molecule has 3 aromatic rings. The van der Waals surface area contributed by atoms with Crippen molar-refractivity contribution in [1.29, 1.82) is 0 Å². The van der Waals surface area contributed by atoms with Gasteiger partial charge in [0.1, 0.15) is 17.7 Å². The Bertz CT molecular complexity index is 1320. The highest BCUT2D eigenvalue weighted by molar-refractivity contribution is 6.30. The lowest BCUT2D eigenvalue weighted by molar-refractivity contribution is -0.139. The molecular formula is C29H29ClF2N2O3. The van der Waals surface area contributed by atoms with Crippen molar-refractivity contribution < 1.29 is 23.4 Å². The molecule has 37 heavy (non-hydrogen) atoms. The topological polar surface area (TPSA) is 62.7 Å². The van der Waals surface area contributed by atoms with E-state index in [9.17, 15) is 14.3 Å². The summed E-state index contributed by atoms with van der Waals surface area (Å²) in [4.78, 5) is 18.0. The molecule has 1 N–H and O–H groups in total. The molecule has 0 spiro atoms. The van der Waals surface area contributed by atoms with Crippen molar-refractivity contribution in [3.63, 3.8) is 0 Å². The second kappa shape index (κ2) is 12.4. The Morgan fingerprint density at radius 1 is 1.27 bits per heavy atom. The molecule has 0 radical (unpaired) electrons. The number of likely N-dealkylation sites (tertiary alicyclic amines) is 1. The number of hydrogen-bond donors (Lipinski definition) is 1. The summed E-state index contributed by atoms with van der Waals surface area (Å²) in [7, 11) is 1.57. The van der Waals surface area contributed by atoms with Crippen LogP contribution in [-0.4, -0.2) is 47.7 Å². The second-order valence-corrected chi connectivity index (χ2v) is 9.83. The highest BCUT2D eigenvalue weighted by atomic mass is 35.5. The van der Waals surface area contributed by atoms with Crippen LogP contribution in [0.4, 0.5) is 8.78 Å². The number of fused-ring (bicyclic) bond motifs is 1. The molecule has 1 saturated heterocycles. The number of benzene rings is 2. The minimum atomic E-state index is -1.19. The number of nitrogens with zero attached hydrogens (tertiary/aromatic N) is 2. The summed E-state index contributed by atoms with van der Waals surface area (Å²) in [6, 6.07) is 11.5. The number of alkyl halides is 1. The van der Waals surface area contributed by atoms with E-state index in [0.29, 0.717) is 47.8 Å². The maximum atomic E-state index is 15.5. The van der Waals surface area contributed by atoms with Crippen LogP contribution in [0.3, 0.4) is 0 Å². The number of aliphatic carboxylic acids is 1. The van der Waals surface area contributed by atoms with Crippen LogP contribution >= 0.6 is 11.6 Å². The Morgan fingerprint density at radius 3 is 2.86 bits per heavy atom. The number of pyridine rings is 1. The van der Waals surface area contributed by atoms with E-state index in [0.717, 1.165) is 18.4 Å². The van der Waals surface area contributed by atoms with E-state index in [-0.39, 0.29) is 23.8 Å². The fraction of sp³-hybridized carbons (Fsp3) is 0.379. The lowest BCUT2D eigenvalue weighted by atomic mass is 9.79. The van der Waals surface area contributed by atoms with Crippen molar-refractivity contribution in [2.24, 2.45) is 11.8 Å². The van der Waals surface area contributed by atoms with Crippen LogP contribution < -0.4 is 4.74 Å². The number of halogens is 3. The fourth-order valence-electron chi connectivity index (χ4n) is 5.04. The maximum Gasteiger partial charge on any atom is 0.303 e. The Kier molecular flexibility index (Phi) is 8.96. The number of carbonyl (C=O) groups is 1. The summed E-state index contributed by atoms with van der Waals surface area (Å²) in [5.74, 6) is 5.11. The van der Waals surface area contributed by atoms with Gasteiger partial charge in [0.15, 0.2) is 0 Å². The minimum absolute atomic E-state index is 0.0206. The first-order valence-electron chi connectivity index (χ1n) is 12.3. The van der Waals surface area contributed by atoms with Gasteiger partial charge < -0.3 is 9.84 Å². The average Bonchev–Trinajstić information content (AvgIpc) is 2.88. The molecule has 1 aromatic heterocycles. The summed E-state index contributed by atoms with van der Waals surface area (Å²) in [6.07, 6.45) is 2.08. The molecular weight excluding hydrogens is 498 g/mol. The number of aromatic nitrogens is 1. The van der Waals surface area contributed by atoms with E-state index < -0.39 is 18.0 Å². The SMILES string of the molecule is COc1ccc2nccc([C@H](F)CC[C@@H]3CCN(CC#Cc4ccc(Cl)cc4F)C[C@@H]3CC(=O)O)c2c1. The van der Waals surface area contributed by atoms with Crippen molar-refractivity contribution in [3.8, 4) is 17.6 Å². The van der Waals surface area contributed by atoms with E-state index in [1.165, 1.54) is 6.07 Å². The Morgan fingerprint density at radius 2 is 2.11 bits per heavy atom. The zero-order valence-electron chi connectivity index (χ0n) is 20.6. The third kappa shape index (κ3) is 6.97. The molecule has 0 amide bonds. The number of hydrogen-bond acceptors (Lipinski definition) is 4. The first kappa shape index (κ1) is 26.8. The van der Waals surface area contributed by atoms with E-state index in [1.807, 2.05) is 6.07 Å². The first-order chi connectivity index (χ1) is 17.8. The summed E-state index contributed by atoms with van der Waals surface area (Å²) in [5.41, 5.74) is 1.55. The third-order valence-corrected chi connectivity index (χ3v) is 7.22. The largest absolute Gasteiger partial charge is 0.497 e. The number of carboxylic acids is 1. The zero-order valence-corrected chi connectivity index (χ0v) is 21.3. The molecule has 1 aliphatic rings. The number of carboxylic acid groups (broad SMARTS) is 1. The van der Waals surface area contributed by atoms with Gasteiger partial charge in [-0.05, 0) is 85.7 Å². The zero-order chi connectivity index (χ0) is 26.4. The number of methoxy groups -OCH3 is 1. The standard InChI is InChI=1S/C29H29ClF2N2O3/c1-37-23-7-9-28-25(17-23)24(10-12-33-28)26(31)8-5-19-11-14-34(18-21(19)15-29(35)36)13-2-3-20-4-6-22(30)16-27(20)32/h4,6-7,9-10,12,16-17,19,21,26H,5,8,11,13-15,18H2,1H3,(H,35,36)/t19-,21+,26-/m1/s1. The van der Waals surface area contributed by atoms with Crippen molar-refractivity contribution in [2.75, 3.05) is 26.7 Å². The molecule has 2 aromatic carbocycles. The molecule has 3 atom stereocenters. The van der Waals surface area contributed by atoms with Crippen LogP contribution in [0.1, 0.15) is 43.0 Å². The monoisotopic (exact) mass is 526 g/mol. The molecule has 4 rings (SSSR count). The smallest absolute Gasteiger partial charge is 0.303 e. The lowest BCUT2D eigenvalue weighted by Crippen LogP contribution is -2.41. The van der Waals surface area contributed by atoms with Gasteiger partial charge in [-0.2, -0.15) is 0 Å². The van der Waals surface area contributed by atoms with Gasteiger partial charge in [0.2, 0.25) is 0 Å². The predicted octanol–water partition coefficient (Wildman–Crippen LogP) is 6.29. The van der Waals surface area contributed by atoms with E-state index in [1.54, 1.807) is 43.6 Å². The van der Waals surface area contributed by atoms with Gasteiger partial charge in [0.25, 0.3) is 0 Å². The van der Waals surface area contributed by atoms with Crippen molar-refractivity contribution in [1.82, 2.24) is 9.88 Å². The van der Waals surface area contributed by atoms with E-state index >= 15 is 4.39 Å². The fourth-order valence-corrected chi connectivity index (χ4v) is 5.19. The molecule has 2 heterocycles. The minimum Gasteiger partial charge on any atom is -0.497 e.